The molecule has 3 aromatic heterocycles. The maximum atomic E-state index is 13.9. The molecule has 11 heteroatoms. The lowest BCUT2D eigenvalue weighted by Gasteiger charge is -2.42. The summed E-state index contributed by atoms with van der Waals surface area (Å²) in [5, 5.41) is 5.04. The number of aryl methyl sites for hydroxylation is 1. The van der Waals surface area contributed by atoms with Gasteiger partial charge >= 0.3 is 6.03 Å². The van der Waals surface area contributed by atoms with Crippen molar-refractivity contribution in [2.75, 3.05) is 40.8 Å². The summed E-state index contributed by atoms with van der Waals surface area (Å²) in [6.07, 6.45) is 7.63. The van der Waals surface area contributed by atoms with E-state index in [1.807, 2.05) is 27.1 Å². The summed E-state index contributed by atoms with van der Waals surface area (Å²) in [5.41, 5.74) is 7.11. The molecule has 0 radical (unpaired) electrons. The third-order valence-electron chi connectivity index (χ3n) is 8.89. The smallest absolute Gasteiger partial charge is 0.320 e. The largest absolute Gasteiger partial charge is 0.344 e. The van der Waals surface area contributed by atoms with Crippen LogP contribution < -0.4 is 0 Å². The fraction of sp³-hybridized carbons (Fsp3) is 0.303. The van der Waals surface area contributed by atoms with Crippen molar-refractivity contribution < 1.29 is 13.2 Å². The van der Waals surface area contributed by atoms with Gasteiger partial charge in [0.2, 0.25) is 0 Å². The molecule has 0 N–H and O–H groups in total. The van der Waals surface area contributed by atoms with Gasteiger partial charge in [-0.25, -0.2) is 22.2 Å². The molecule has 0 spiro atoms. The Kier molecular flexibility index (Phi) is 6.91. The van der Waals surface area contributed by atoms with Crippen molar-refractivity contribution in [3.8, 4) is 22.3 Å². The molecule has 0 aliphatic carbocycles. The third-order valence-corrected chi connectivity index (χ3v) is 10.5. The van der Waals surface area contributed by atoms with E-state index in [0.29, 0.717) is 41.3 Å². The number of fused-ring (bicyclic) bond motifs is 2. The molecule has 0 atom stereocenters. The van der Waals surface area contributed by atoms with Crippen molar-refractivity contribution in [1.29, 1.82) is 0 Å². The van der Waals surface area contributed by atoms with Gasteiger partial charge in [-0.1, -0.05) is 29.8 Å². The van der Waals surface area contributed by atoms with Gasteiger partial charge in [-0.3, -0.25) is 0 Å². The zero-order chi connectivity index (χ0) is 30.7. The summed E-state index contributed by atoms with van der Waals surface area (Å²) in [6, 6.07) is 15.4. The molecule has 0 unspecified atom stereocenters. The number of amides is 1. The van der Waals surface area contributed by atoms with E-state index in [4.69, 9.17) is 4.98 Å². The van der Waals surface area contributed by atoms with Crippen LogP contribution in [0.15, 0.2) is 78.2 Å². The highest BCUT2D eigenvalue weighted by molar-refractivity contribution is 7.90. The third kappa shape index (κ3) is 4.90. The molecular formula is C33H35N7O3S. The van der Waals surface area contributed by atoms with E-state index >= 15 is 0 Å². The summed E-state index contributed by atoms with van der Waals surface area (Å²) in [5.74, 6) is 0. The van der Waals surface area contributed by atoms with Gasteiger partial charge in [0.1, 0.15) is 0 Å². The van der Waals surface area contributed by atoms with Crippen LogP contribution in [-0.2, 0) is 23.0 Å². The second-order valence-electron chi connectivity index (χ2n) is 12.2. The Labute approximate surface area is 257 Å². The Morgan fingerprint density at radius 3 is 2.45 bits per heavy atom. The standard InChI is InChI=1S/C33H35N7O3S/c1-22-5-9-29(10-6-22)44(42,43)40-21-31(27-16-35-39(18-27)33(41)38-19-28(20-38)36(2)3)30-14-25(15-34-32(30)40)24-8-7-23-11-12-37(4)17-26(23)13-24/h5-10,13-16,18,21,28H,11-12,17,19-20H2,1-4H3. The highest BCUT2D eigenvalue weighted by Gasteiger charge is 2.33. The van der Waals surface area contributed by atoms with Gasteiger partial charge in [0.05, 0.1) is 11.1 Å². The number of carbonyl (C=O) groups excluding carboxylic acids is 1. The predicted octanol–water partition coefficient (Wildman–Crippen LogP) is 4.31. The molecule has 226 valence electrons. The van der Waals surface area contributed by atoms with Crippen molar-refractivity contribution in [1.82, 2.24) is 33.4 Å². The molecule has 5 heterocycles. The first-order chi connectivity index (χ1) is 21.1. The van der Waals surface area contributed by atoms with Crippen LogP contribution in [0.5, 0.6) is 0 Å². The average Bonchev–Trinajstić information content (AvgIpc) is 3.61. The molecule has 10 nitrogen and oxygen atoms in total. The topological polar surface area (TPSA) is 96.6 Å². The summed E-state index contributed by atoms with van der Waals surface area (Å²) in [6.45, 7) is 5.12. The van der Waals surface area contributed by atoms with Gasteiger partial charge in [-0.15, -0.1) is 0 Å². The molecule has 0 bridgehead atoms. The molecule has 2 aliphatic rings. The van der Waals surface area contributed by atoms with Crippen LogP contribution in [0.1, 0.15) is 16.7 Å². The molecule has 7 rings (SSSR count). The molecule has 0 saturated carbocycles. The van der Waals surface area contributed by atoms with E-state index in [9.17, 15) is 13.2 Å². The van der Waals surface area contributed by atoms with Crippen LogP contribution in [0.3, 0.4) is 0 Å². The summed E-state index contributed by atoms with van der Waals surface area (Å²) in [4.78, 5) is 24.2. The quantitative estimate of drug-likeness (QED) is 0.293. The number of aromatic nitrogens is 4. The van der Waals surface area contributed by atoms with E-state index < -0.39 is 10.0 Å². The lowest BCUT2D eigenvalue weighted by Crippen LogP contribution is -2.60. The van der Waals surface area contributed by atoms with Gasteiger partial charge in [0.15, 0.2) is 5.65 Å². The minimum atomic E-state index is -3.96. The van der Waals surface area contributed by atoms with Gasteiger partial charge < -0.3 is 14.7 Å². The number of carbonyl (C=O) groups is 1. The minimum absolute atomic E-state index is 0.176. The first-order valence-corrected chi connectivity index (χ1v) is 16.2. The van der Waals surface area contributed by atoms with Crippen molar-refractivity contribution in [2.45, 2.75) is 30.8 Å². The fourth-order valence-corrected chi connectivity index (χ4v) is 7.33. The lowest BCUT2D eigenvalue weighted by molar-refractivity contribution is 0.0864. The maximum Gasteiger partial charge on any atom is 0.344 e. The number of hydrogen-bond donors (Lipinski definition) is 0. The number of rotatable bonds is 5. The lowest BCUT2D eigenvalue weighted by atomic mass is 9.95. The summed E-state index contributed by atoms with van der Waals surface area (Å²) in [7, 11) is 2.18. The van der Waals surface area contributed by atoms with Gasteiger partial charge in [0.25, 0.3) is 10.0 Å². The van der Waals surface area contributed by atoms with Crippen molar-refractivity contribution in [3.05, 3.63) is 90.0 Å². The highest BCUT2D eigenvalue weighted by Crippen LogP contribution is 2.35. The zero-order valence-corrected chi connectivity index (χ0v) is 26.1. The second kappa shape index (κ2) is 10.7. The van der Waals surface area contributed by atoms with Crippen LogP contribution in [0.4, 0.5) is 4.79 Å². The molecule has 1 saturated heterocycles. The Morgan fingerprint density at radius 2 is 1.70 bits per heavy atom. The highest BCUT2D eigenvalue weighted by atomic mass is 32.2. The monoisotopic (exact) mass is 609 g/mol. The fourth-order valence-electron chi connectivity index (χ4n) is 6.00. The number of hydrogen-bond acceptors (Lipinski definition) is 7. The molecule has 5 aromatic rings. The van der Waals surface area contributed by atoms with E-state index in [1.165, 1.54) is 19.8 Å². The van der Waals surface area contributed by atoms with E-state index in [2.05, 4.69) is 40.1 Å². The Hall–Kier alpha value is -4.32. The molecule has 1 fully saturated rings. The number of benzene rings is 2. The molecule has 1 amide bonds. The van der Waals surface area contributed by atoms with Gasteiger partial charge in [-0.2, -0.15) is 9.78 Å². The number of pyridine rings is 1. The van der Waals surface area contributed by atoms with Gasteiger partial charge in [-0.05, 0) is 75.4 Å². The van der Waals surface area contributed by atoms with E-state index in [1.54, 1.807) is 54.0 Å². The van der Waals surface area contributed by atoms with Crippen molar-refractivity contribution in [2.24, 2.45) is 0 Å². The van der Waals surface area contributed by atoms with Crippen LogP contribution in [0, 0.1) is 6.92 Å². The molecule has 2 aliphatic heterocycles. The zero-order valence-electron chi connectivity index (χ0n) is 25.3. The Balaban J connectivity index is 1.33. The summed E-state index contributed by atoms with van der Waals surface area (Å²) >= 11 is 0. The molecule has 2 aromatic carbocycles. The SMILES string of the molecule is Cc1ccc(S(=O)(=O)n2cc(-c3cnn(C(=O)N4CC(N(C)C)C4)c3)c3cc(-c4ccc5c(c4)CN(C)CC5)cnc32)cc1. The molecular weight excluding hydrogens is 574 g/mol. The number of nitrogens with zero attached hydrogens (tertiary/aromatic N) is 7. The van der Waals surface area contributed by atoms with Crippen molar-refractivity contribution in [3.63, 3.8) is 0 Å². The average molecular weight is 610 g/mol. The van der Waals surface area contributed by atoms with Gasteiger partial charge in [0, 0.05) is 72.9 Å². The second-order valence-corrected chi connectivity index (χ2v) is 14.0. The predicted molar refractivity (Wildman–Crippen MR) is 170 cm³/mol. The van der Waals surface area contributed by atoms with Crippen LogP contribution in [-0.4, -0.2) is 94.7 Å². The maximum absolute atomic E-state index is 13.9. The number of likely N-dealkylation sites (tertiary alicyclic amines) is 1. The van der Waals surface area contributed by atoms with E-state index in [-0.39, 0.29) is 10.9 Å². The van der Waals surface area contributed by atoms with Crippen molar-refractivity contribution >= 4 is 27.1 Å². The first kappa shape index (κ1) is 28.5. The normalized spacial score (nSPS) is 16.0. The van der Waals surface area contributed by atoms with Crippen LogP contribution in [0.25, 0.3) is 33.3 Å². The minimum Gasteiger partial charge on any atom is -0.320 e. The summed E-state index contributed by atoms with van der Waals surface area (Å²) < 4.78 is 30.4. The first-order valence-electron chi connectivity index (χ1n) is 14.7. The Bertz CT molecular complexity index is 2000. The Morgan fingerprint density at radius 1 is 0.932 bits per heavy atom. The molecule has 44 heavy (non-hydrogen) atoms. The number of likely N-dealkylation sites (N-methyl/N-ethyl adjacent to an activating group) is 2. The van der Waals surface area contributed by atoms with Crippen LogP contribution in [0.2, 0.25) is 0 Å². The van der Waals surface area contributed by atoms with Crippen LogP contribution >= 0.6 is 0 Å². The van der Waals surface area contributed by atoms with E-state index in [0.717, 1.165) is 36.2 Å².